The van der Waals surface area contributed by atoms with Gasteiger partial charge in [-0.2, -0.15) is 0 Å². The van der Waals surface area contributed by atoms with Crippen molar-refractivity contribution in [1.82, 2.24) is 4.90 Å². The predicted octanol–water partition coefficient (Wildman–Crippen LogP) is 5.68. The number of rotatable bonds is 4. The molecule has 0 aliphatic rings. The van der Waals surface area contributed by atoms with Gasteiger partial charge in [-0.25, -0.2) is 0 Å². The largest absolute Gasteiger partial charge is 0.292 e. The van der Waals surface area contributed by atoms with E-state index < -0.39 is 0 Å². The van der Waals surface area contributed by atoms with E-state index in [4.69, 9.17) is 23.2 Å². The highest BCUT2D eigenvalue weighted by Gasteiger charge is 2.13. The highest BCUT2D eigenvalue weighted by atomic mass is 35.5. The second-order valence-corrected chi connectivity index (χ2v) is 7.20. The molecule has 2 rings (SSSR count). The van der Waals surface area contributed by atoms with Gasteiger partial charge in [0.2, 0.25) is 0 Å². The number of likely N-dealkylation sites (N-methyl/N-ethyl adjacent to an activating group) is 1. The lowest BCUT2D eigenvalue weighted by Crippen LogP contribution is -2.27. The highest BCUT2D eigenvalue weighted by molar-refractivity contribution is 8.02. The SMILES string of the molecule is CS/C(=C\c1ccc(Cl)cc1)C(C#Cc1ccc(Cl)cc1)N(C)C. The van der Waals surface area contributed by atoms with E-state index in [1.165, 1.54) is 4.91 Å². The van der Waals surface area contributed by atoms with E-state index >= 15 is 0 Å². The van der Waals surface area contributed by atoms with E-state index in [1.54, 1.807) is 11.8 Å². The third kappa shape index (κ3) is 5.61. The van der Waals surface area contributed by atoms with Gasteiger partial charge >= 0.3 is 0 Å². The van der Waals surface area contributed by atoms with E-state index in [-0.39, 0.29) is 6.04 Å². The maximum Gasteiger partial charge on any atom is 0.103 e. The maximum absolute atomic E-state index is 5.96. The molecule has 0 aromatic heterocycles. The van der Waals surface area contributed by atoms with E-state index in [2.05, 4.69) is 29.1 Å². The Morgan fingerprint density at radius 2 is 1.54 bits per heavy atom. The van der Waals surface area contributed by atoms with Gasteiger partial charge in [0.25, 0.3) is 0 Å². The third-order valence-corrected chi connectivity index (χ3v) is 4.71. The van der Waals surface area contributed by atoms with Gasteiger partial charge in [0.15, 0.2) is 0 Å². The standard InChI is InChI=1S/C20H19Cl2NS/c1-23(2)19(13-8-15-4-9-17(21)10-5-15)20(24-3)14-16-6-11-18(22)12-7-16/h4-7,9-12,14,19H,1-3H3/b20-14-. The summed E-state index contributed by atoms with van der Waals surface area (Å²) in [7, 11) is 4.07. The van der Waals surface area contributed by atoms with E-state index in [0.29, 0.717) is 0 Å². The fraction of sp³-hybridized carbons (Fsp3) is 0.200. The molecule has 1 unspecified atom stereocenters. The summed E-state index contributed by atoms with van der Waals surface area (Å²) in [5.41, 5.74) is 2.07. The van der Waals surface area contributed by atoms with Crippen LogP contribution in [0.2, 0.25) is 10.0 Å². The first-order valence-electron chi connectivity index (χ1n) is 7.44. The van der Waals surface area contributed by atoms with Crippen molar-refractivity contribution in [3.05, 3.63) is 74.6 Å². The van der Waals surface area contributed by atoms with Gasteiger partial charge in [0.05, 0.1) is 0 Å². The molecule has 24 heavy (non-hydrogen) atoms. The Hall–Kier alpha value is -1.37. The average molecular weight is 376 g/mol. The molecule has 0 saturated heterocycles. The summed E-state index contributed by atoms with van der Waals surface area (Å²) in [6, 6.07) is 15.4. The first-order chi connectivity index (χ1) is 11.5. The van der Waals surface area contributed by atoms with Crippen LogP contribution in [0.4, 0.5) is 0 Å². The maximum atomic E-state index is 5.96. The Kier molecular flexibility index (Phi) is 7.27. The highest BCUT2D eigenvalue weighted by Crippen LogP contribution is 2.23. The average Bonchev–Trinajstić information content (AvgIpc) is 2.57. The van der Waals surface area contributed by atoms with Gasteiger partial charge in [-0.05, 0) is 68.4 Å². The summed E-state index contributed by atoms with van der Waals surface area (Å²) in [6.07, 6.45) is 4.23. The zero-order valence-electron chi connectivity index (χ0n) is 13.9. The van der Waals surface area contributed by atoms with Gasteiger partial charge < -0.3 is 0 Å². The molecule has 0 amide bonds. The second kappa shape index (κ2) is 9.20. The van der Waals surface area contributed by atoms with Crippen LogP contribution >= 0.6 is 35.0 Å². The van der Waals surface area contributed by atoms with Gasteiger partial charge in [0, 0.05) is 20.5 Å². The fourth-order valence-corrected chi connectivity index (χ4v) is 3.11. The Morgan fingerprint density at radius 3 is 2.04 bits per heavy atom. The minimum Gasteiger partial charge on any atom is -0.292 e. The molecule has 2 aromatic carbocycles. The van der Waals surface area contributed by atoms with Crippen LogP contribution in [-0.2, 0) is 0 Å². The summed E-state index contributed by atoms with van der Waals surface area (Å²) >= 11 is 13.6. The van der Waals surface area contributed by atoms with Crippen LogP contribution < -0.4 is 0 Å². The molecule has 0 aliphatic heterocycles. The lowest BCUT2D eigenvalue weighted by Gasteiger charge is -2.21. The smallest absolute Gasteiger partial charge is 0.103 e. The van der Waals surface area contributed by atoms with E-state index in [9.17, 15) is 0 Å². The van der Waals surface area contributed by atoms with E-state index in [1.807, 2.05) is 62.6 Å². The van der Waals surface area contributed by atoms with Crippen LogP contribution in [0, 0.1) is 11.8 Å². The van der Waals surface area contributed by atoms with Crippen LogP contribution in [0.5, 0.6) is 0 Å². The molecule has 0 heterocycles. The summed E-state index contributed by atoms with van der Waals surface area (Å²) in [6.45, 7) is 0. The van der Waals surface area contributed by atoms with Crippen molar-refractivity contribution in [2.45, 2.75) is 6.04 Å². The zero-order valence-corrected chi connectivity index (χ0v) is 16.2. The quantitative estimate of drug-likeness (QED) is 0.632. The molecule has 2 aromatic rings. The number of hydrogen-bond acceptors (Lipinski definition) is 2. The van der Waals surface area contributed by atoms with Crippen LogP contribution in [-0.4, -0.2) is 31.3 Å². The van der Waals surface area contributed by atoms with Gasteiger partial charge in [-0.3, -0.25) is 4.90 Å². The van der Waals surface area contributed by atoms with Crippen molar-refractivity contribution in [2.75, 3.05) is 20.4 Å². The second-order valence-electron chi connectivity index (χ2n) is 5.44. The fourth-order valence-electron chi connectivity index (χ4n) is 2.11. The molecule has 1 atom stereocenters. The lowest BCUT2D eigenvalue weighted by atomic mass is 10.1. The molecule has 1 nitrogen and oxygen atoms in total. The van der Waals surface area contributed by atoms with Crippen molar-refractivity contribution >= 4 is 41.0 Å². The number of benzene rings is 2. The zero-order chi connectivity index (χ0) is 17.5. The molecular weight excluding hydrogens is 357 g/mol. The molecule has 0 bridgehead atoms. The Balaban J connectivity index is 2.30. The molecular formula is C20H19Cl2NS. The van der Waals surface area contributed by atoms with Crippen molar-refractivity contribution in [3.8, 4) is 11.8 Å². The van der Waals surface area contributed by atoms with Crippen LogP contribution in [0.3, 0.4) is 0 Å². The topological polar surface area (TPSA) is 3.24 Å². The first kappa shape index (κ1) is 19.0. The number of halogens is 2. The number of thioether (sulfide) groups is 1. The number of hydrogen-bond donors (Lipinski definition) is 0. The number of nitrogens with zero attached hydrogens (tertiary/aromatic N) is 1. The Labute approximate surface area is 158 Å². The molecule has 0 radical (unpaired) electrons. The van der Waals surface area contributed by atoms with Crippen LogP contribution in [0.25, 0.3) is 6.08 Å². The summed E-state index contributed by atoms with van der Waals surface area (Å²) in [4.78, 5) is 3.30. The van der Waals surface area contributed by atoms with Crippen molar-refractivity contribution in [1.29, 1.82) is 0 Å². The molecule has 0 fully saturated rings. The van der Waals surface area contributed by atoms with Gasteiger partial charge in [-0.15, -0.1) is 11.8 Å². The normalized spacial score (nSPS) is 12.7. The third-order valence-electron chi connectivity index (χ3n) is 3.40. The predicted molar refractivity (Wildman–Crippen MR) is 109 cm³/mol. The molecule has 0 aliphatic carbocycles. The summed E-state index contributed by atoms with van der Waals surface area (Å²) < 4.78 is 0. The first-order valence-corrected chi connectivity index (χ1v) is 9.42. The van der Waals surface area contributed by atoms with Gasteiger partial charge in [-0.1, -0.05) is 47.2 Å². The minimum absolute atomic E-state index is 0.0198. The monoisotopic (exact) mass is 375 g/mol. The lowest BCUT2D eigenvalue weighted by molar-refractivity contribution is 0.398. The van der Waals surface area contributed by atoms with E-state index in [0.717, 1.165) is 21.2 Å². The molecule has 0 saturated carbocycles. The minimum atomic E-state index is 0.0198. The summed E-state index contributed by atoms with van der Waals surface area (Å²) in [5, 5.41) is 1.46. The molecule has 0 spiro atoms. The molecule has 0 N–H and O–H groups in total. The summed E-state index contributed by atoms with van der Waals surface area (Å²) in [5.74, 6) is 6.59. The van der Waals surface area contributed by atoms with Crippen LogP contribution in [0.15, 0.2) is 53.4 Å². The molecule has 124 valence electrons. The van der Waals surface area contributed by atoms with Crippen molar-refractivity contribution < 1.29 is 0 Å². The van der Waals surface area contributed by atoms with Crippen molar-refractivity contribution in [3.63, 3.8) is 0 Å². The van der Waals surface area contributed by atoms with Crippen molar-refractivity contribution in [2.24, 2.45) is 0 Å². The Bertz CT molecular complexity index is 753. The van der Waals surface area contributed by atoms with Gasteiger partial charge in [0.1, 0.15) is 6.04 Å². The molecule has 4 heteroatoms. The van der Waals surface area contributed by atoms with Crippen LogP contribution in [0.1, 0.15) is 11.1 Å². The Morgan fingerprint density at radius 1 is 1.00 bits per heavy atom.